The van der Waals surface area contributed by atoms with Crippen molar-refractivity contribution in [3.05, 3.63) is 50.2 Å². The van der Waals surface area contributed by atoms with E-state index in [2.05, 4.69) is 4.98 Å². The normalized spacial score (nSPS) is 35.4. The second-order valence-electron chi connectivity index (χ2n) is 6.73. The highest BCUT2D eigenvalue weighted by Crippen LogP contribution is 2.63. The Bertz CT molecular complexity index is 781. The molecule has 0 radical (unpaired) electrons. The molecule has 1 aromatic carbocycles. The first kappa shape index (κ1) is 13.4. The number of H-pyrrole nitrogens is 1. The van der Waals surface area contributed by atoms with E-state index in [-0.39, 0.29) is 16.6 Å². The summed E-state index contributed by atoms with van der Waals surface area (Å²) >= 11 is 3.24. The van der Waals surface area contributed by atoms with Gasteiger partial charge in [-0.25, -0.2) is 4.39 Å². The molecule has 2 aromatic rings. The fraction of sp³-hybridized carbons (Fsp3) is 0.471. The standard InChI is InChI=1S/C17H16FNOS2/c18-11-5-3-8(4-6-11)12-13-9-1-2-10(7-9)14(13)21-16-15(12)22-17(20)19-16/h3-6,9-10,12-14H,1-2,7H2,(H,19,20)/t9?,10?,12-,13?,14?/m1/s1. The van der Waals surface area contributed by atoms with E-state index < -0.39 is 0 Å². The molecule has 5 heteroatoms. The maximum absolute atomic E-state index is 13.3. The Hall–Kier alpha value is -1.07. The second kappa shape index (κ2) is 4.71. The van der Waals surface area contributed by atoms with Gasteiger partial charge in [0.2, 0.25) is 0 Å². The summed E-state index contributed by atoms with van der Waals surface area (Å²) in [6.45, 7) is 0. The van der Waals surface area contributed by atoms with Crippen LogP contribution in [-0.2, 0) is 0 Å². The van der Waals surface area contributed by atoms with E-state index in [9.17, 15) is 9.18 Å². The lowest BCUT2D eigenvalue weighted by atomic mass is 9.75. The van der Waals surface area contributed by atoms with Gasteiger partial charge in [0, 0.05) is 16.0 Å². The largest absolute Gasteiger partial charge is 0.307 e. The van der Waals surface area contributed by atoms with Crippen molar-refractivity contribution in [3.8, 4) is 0 Å². The van der Waals surface area contributed by atoms with Gasteiger partial charge in [0.05, 0.1) is 5.03 Å². The molecule has 2 saturated carbocycles. The molecule has 5 rings (SSSR count). The Kier molecular flexibility index (Phi) is 2.87. The number of aromatic amines is 1. The second-order valence-corrected chi connectivity index (χ2v) is 8.93. The monoisotopic (exact) mass is 333 g/mol. The average molecular weight is 333 g/mol. The van der Waals surface area contributed by atoms with Crippen molar-refractivity contribution < 1.29 is 4.39 Å². The summed E-state index contributed by atoms with van der Waals surface area (Å²) in [4.78, 5) is 16.1. The molecule has 2 bridgehead atoms. The predicted octanol–water partition coefficient (Wildman–Crippen LogP) is 4.23. The molecule has 0 saturated heterocycles. The zero-order chi connectivity index (χ0) is 14.8. The third kappa shape index (κ3) is 1.81. The van der Waals surface area contributed by atoms with Crippen molar-refractivity contribution in [1.29, 1.82) is 0 Å². The minimum absolute atomic E-state index is 0.0388. The van der Waals surface area contributed by atoms with Crippen molar-refractivity contribution in [1.82, 2.24) is 4.98 Å². The molecule has 3 aliphatic rings. The van der Waals surface area contributed by atoms with E-state index >= 15 is 0 Å². The van der Waals surface area contributed by atoms with Gasteiger partial charge in [0.25, 0.3) is 0 Å². The van der Waals surface area contributed by atoms with Crippen LogP contribution in [0.1, 0.15) is 35.6 Å². The van der Waals surface area contributed by atoms with Crippen LogP contribution in [0.25, 0.3) is 0 Å². The highest BCUT2D eigenvalue weighted by Gasteiger charge is 2.54. The molecular weight excluding hydrogens is 317 g/mol. The Morgan fingerprint density at radius 3 is 2.73 bits per heavy atom. The van der Waals surface area contributed by atoms with Crippen molar-refractivity contribution >= 4 is 23.1 Å². The van der Waals surface area contributed by atoms with Crippen LogP contribution in [-0.4, -0.2) is 10.2 Å². The number of halogens is 1. The molecule has 5 atom stereocenters. The summed E-state index contributed by atoms with van der Waals surface area (Å²) in [5.41, 5.74) is 1.17. The Morgan fingerprint density at radius 1 is 1.14 bits per heavy atom. The molecule has 114 valence electrons. The highest BCUT2D eigenvalue weighted by molar-refractivity contribution is 8.00. The van der Waals surface area contributed by atoms with Crippen molar-refractivity contribution in [3.63, 3.8) is 0 Å². The SMILES string of the molecule is O=c1[nH]c2c(s1)[C@H](c1ccc(F)cc1)C1C3CCC(C3)C1S2. The Labute approximate surface area is 136 Å². The lowest BCUT2D eigenvalue weighted by Gasteiger charge is -2.40. The third-order valence-electron chi connectivity index (χ3n) is 5.69. The van der Waals surface area contributed by atoms with Crippen molar-refractivity contribution in [2.24, 2.45) is 17.8 Å². The van der Waals surface area contributed by atoms with Crippen LogP contribution < -0.4 is 4.87 Å². The van der Waals surface area contributed by atoms with Crippen molar-refractivity contribution in [2.75, 3.05) is 0 Å². The van der Waals surface area contributed by atoms with Gasteiger partial charge in [0.1, 0.15) is 5.82 Å². The molecule has 22 heavy (non-hydrogen) atoms. The molecule has 2 nitrogen and oxygen atoms in total. The zero-order valence-electron chi connectivity index (χ0n) is 11.9. The number of hydrogen-bond donors (Lipinski definition) is 1. The predicted molar refractivity (Wildman–Crippen MR) is 87.1 cm³/mol. The van der Waals surface area contributed by atoms with Gasteiger partial charge in [-0.3, -0.25) is 4.79 Å². The maximum atomic E-state index is 13.3. The molecule has 2 fully saturated rings. The van der Waals surface area contributed by atoms with Gasteiger partial charge in [-0.1, -0.05) is 23.5 Å². The number of hydrogen-bond acceptors (Lipinski definition) is 3. The van der Waals surface area contributed by atoms with E-state index in [1.54, 1.807) is 12.1 Å². The van der Waals surface area contributed by atoms with Crippen LogP contribution in [0.15, 0.2) is 34.1 Å². The Morgan fingerprint density at radius 2 is 1.91 bits per heavy atom. The van der Waals surface area contributed by atoms with Gasteiger partial charge in [-0.2, -0.15) is 0 Å². The first-order chi connectivity index (χ1) is 10.7. The van der Waals surface area contributed by atoms with E-state index in [0.717, 1.165) is 16.9 Å². The van der Waals surface area contributed by atoms with Gasteiger partial charge < -0.3 is 4.98 Å². The molecule has 2 aliphatic carbocycles. The third-order valence-corrected chi connectivity index (χ3v) is 8.32. The number of thioether (sulfide) groups is 1. The van der Waals surface area contributed by atoms with Crippen LogP contribution in [0.3, 0.4) is 0 Å². The smallest absolute Gasteiger partial charge is 0.305 e. The van der Waals surface area contributed by atoms with Crippen LogP contribution >= 0.6 is 23.1 Å². The summed E-state index contributed by atoms with van der Waals surface area (Å²) in [5.74, 6) is 2.23. The number of aromatic nitrogens is 1. The molecule has 2 heterocycles. The number of thiazole rings is 1. The quantitative estimate of drug-likeness (QED) is 0.847. The molecule has 1 aliphatic heterocycles. The van der Waals surface area contributed by atoms with Gasteiger partial charge in [-0.05, 0) is 54.7 Å². The topological polar surface area (TPSA) is 32.9 Å². The molecule has 0 amide bonds. The molecule has 1 N–H and O–H groups in total. The number of rotatable bonds is 1. The number of benzene rings is 1. The minimum Gasteiger partial charge on any atom is -0.307 e. The highest BCUT2D eigenvalue weighted by atomic mass is 32.2. The fourth-order valence-corrected chi connectivity index (χ4v) is 7.79. The molecule has 0 spiro atoms. The number of nitrogens with one attached hydrogen (secondary N) is 1. The number of fused-ring (bicyclic) bond motifs is 6. The zero-order valence-corrected chi connectivity index (χ0v) is 13.6. The average Bonchev–Trinajstić information content (AvgIpc) is 3.19. The Balaban J connectivity index is 1.68. The minimum atomic E-state index is -0.194. The van der Waals surface area contributed by atoms with E-state index in [1.165, 1.54) is 41.0 Å². The summed E-state index contributed by atoms with van der Waals surface area (Å²) < 4.78 is 13.3. The summed E-state index contributed by atoms with van der Waals surface area (Å²) in [7, 11) is 0. The van der Waals surface area contributed by atoms with Gasteiger partial charge in [-0.15, -0.1) is 11.8 Å². The van der Waals surface area contributed by atoms with Crippen LogP contribution in [0.5, 0.6) is 0 Å². The van der Waals surface area contributed by atoms with E-state index in [1.807, 2.05) is 23.9 Å². The van der Waals surface area contributed by atoms with Crippen LogP contribution in [0.2, 0.25) is 0 Å². The first-order valence-electron chi connectivity index (χ1n) is 7.86. The summed E-state index contributed by atoms with van der Waals surface area (Å²) in [5, 5.41) is 1.68. The first-order valence-corrected chi connectivity index (χ1v) is 9.55. The van der Waals surface area contributed by atoms with Gasteiger partial charge >= 0.3 is 4.87 Å². The maximum Gasteiger partial charge on any atom is 0.305 e. The van der Waals surface area contributed by atoms with Gasteiger partial charge in [0.15, 0.2) is 0 Å². The molecular formula is C17H16FNOS2. The van der Waals surface area contributed by atoms with Crippen LogP contribution in [0, 0.1) is 23.6 Å². The summed E-state index contributed by atoms with van der Waals surface area (Å²) in [6.07, 6.45) is 3.98. The lowest BCUT2D eigenvalue weighted by Crippen LogP contribution is -2.33. The van der Waals surface area contributed by atoms with E-state index in [0.29, 0.717) is 11.2 Å². The lowest BCUT2D eigenvalue weighted by molar-refractivity contribution is 0.307. The fourth-order valence-electron chi connectivity index (χ4n) is 4.89. The van der Waals surface area contributed by atoms with Crippen molar-refractivity contribution in [2.45, 2.75) is 35.5 Å². The molecule has 1 aromatic heterocycles. The van der Waals surface area contributed by atoms with E-state index in [4.69, 9.17) is 0 Å². The van der Waals surface area contributed by atoms with Crippen LogP contribution in [0.4, 0.5) is 4.39 Å². The molecule has 4 unspecified atom stereocenters. The summed E-state index contributed by atoms with van der Waals surface area (Å²) in [6, 6.07) is 6.92.